The maximum absolute atomic E-state index is 12.9. The Kier molecular flexibility index (Phi) is 3.39. The summed E-state index contributed by atoms with van der Waals surface area (Å²) >= 11 is 0. The first-order valence-electron chi connectivity index (χ1n) is 6.89. The summed E-state index contributed by atoms with van der Waals surface area (Å²) in [5.74, 6) is -1.78. The number of Topliss-reactive ketones (excluding diaryl/α,β-unsaturated/α-hetero) is 1. The Hall–Kier alpha value is -2.72. The molecule has 0 heterocycles. The number of benzene rings is 2. The lowest BCUT2D eigenvalue weighted by Gasteiger charge is -2.30. The molecule has 2 N–H and O–H groups in total. The van der Waals surface area contributed by atoms with Crippen LogP contribution in [0.1, 0.15) is 38.3 Å². The van der Waals surface area contributed by atoms with Gasteiger partial charge in [0, 0.05) is 12.0 Å². The molecule has 4 heteroatoms. The van der Waals surface area contributed by atoms with Crippen molar-refractivity contribution in [1.82, 2.24) is 0 Å². The lowest BCUT2D eigenvalue weighted by molar-refractivity contribution is 0.0303. The van der Waals surface area contributed by atoms with E-state index in [1.807, 2.05) is 18.2 Å². The quantitative estimate of drug-likeness (QED) is 0.854. The van der Waals surface area contributed by atoms with Crippen LogP contribution in [0.5, 0.6) is 0 Å². The van der Waals surface area contributed by atoms with Gasteiger partial charge in [-0.05, 0) is 17.2 Å². The van der Waals surface area contributed by atoms with Crippen molar-refractivity contribution >= 4 is 17.8 Å². The van der Waals surface area contributed by atoms with Crippen LogP contribution in [0.4, 0.5) is 0 Å². The molecule has 2 aromatic rings. The smallest absolute Gasteiger partial charge is 0.336 e. The van der Waals surface area contributed by atoms with Crippen molar-refractivity contribution in [2.75, 3.05) is 0 Å². The van der Waals surface area contributed by atoms with Gasteiger partial charge in [0.15, 0.2) is 11.4 Å². The zero-order valence-corrected chi connectivity index (χ0v) is 11.7. The van der Waals surface area contributed by atoms with E-state index >= 15 is 0 Å². The molecule has 22 heavy (non-hydrogen) atoms. The van der Waals surface area contributed by atoms with Crippen LogP contribution in [0.15, 0.2) is 54.6 Å². The van der Waals surface area contributed by atoms with Crippen molar-refractivity contribution < 1.29 is 19.8 Å². The van der Waals surface area contributed by atoms with E-state index in [-0.39, 0.29) is 17.5 Å². The third-order valence-corrected chi connectivity index (χ3v) is 3.89. The van der Waals surface area contributed by atoms with E-state index in [0.717, 1.165) is 5.56 Å². The summed E-state index contributed by atoms with van der Waals surface area (Å²) in [6.07, 6.45) is 3.70. The minimum absolute atomic E-state index is 0.0163. The Morgan fingerprint density at radius 1 is 0.955 bits per heavy atom. The molecule has 0 radical (unpaired) electrons. The van der Waals surface area contributed by atoms with Gasteiger partial charge >= 0.3 is 5.97 Å². The van der Waals surface area contributed by atoms with Crippen molar-refractivity contribution in [1.29, 1.82) is 0 Å². The molecule has 0 saturated heterocycles. The molecule has 3 rings (SSSR count). The topological polar surface area (TPSA) is 74.6 Å². The predicted molar refractivity (Wildman–Crippen MR) is 81.7 cm³/mol. The van der Waals surface area contributed by atoms with Crippen molar-refractivity contribution in [2.45, 2.75) is 12.0 Å². The van der Waals surface area contributed by atoms with Crippen LogP contribution < -0.4 is 0 Å². The molecule has 2 aromatic carbocycles. The lowest BCUT2D eigenvalue weighted by atomic mass is 9.77. The summed E-state index contributed by atoms with van der Waals surface area (Å²) in [5.41, 5.74) is -0.563. The molecule has 0 spiro atoms. The Morgan fingerprint density at radius 3 is 2.32 bits per heavy atom. The van der Waals surface area contributed by atoms with Crippen molar-refractivity contribution in [3.05, 3.63) is 76.9 Å². The third kappa shape index (κ3) is 2.14. The number of ketones is 1. The molecule has 1 unspecified atom stereocenters. The Labute approximate surface area is 127 Å². The van der Waals surface area contributed by atoms with Crippen LogP contribution in [0.2, 0.25) is 0 Å². The van der Waals surface area contributed by atoms with Crippen molar-refractivity contribution in [2.24, 2.45) is 0 Å². The van der Waals surface area contributed by atoms with E-state index in [4.69, 9.17) is 0 Å². The SMILES string of the molecule is O=C(O)c1ccccc1C(=O)C1(O)CC=Cc2ccccc21. The van der Waals surface area contributed by atoms with E-state index in [0.29, 0.717) is 5.56 Å². The highest BCUT2D eigenvalue weighted by Crippen LogP contribution is 2.36. The van der Waals surface area contributed by atoms with Gasteiger partial charge in [-0.25, -0.2) is 4.79 Å². The molecule has 0 aliphatic heterocycles. The Morgan fingerprint density at radius 2 is 1.59 bits per heavy atom. The number of hydrogen-bond acceptors (Lipinski definition) is 3. The molecule has 4 nitrogen and oxygen atoms in total. The van der Waals surface area contributed by atoms with Crippen molar-refractivity contribution in [3.63, 3.8) is 0 Å². The zero-order valence-electron chi connectivity index (χ0n) is 11.7. The average Bonchev–Trinajstić information content (AvgIpc) is 2.54. The molecule has 1 atom stereocenters. The number of aliphatic hydroxyl groups is 1. The third-order valence-electron chi connectivity index (χ3n) is 3.89. The minimum atomic E-state index is -1.74. The number of fused-ring (bicyclic) bond motifs is 1. The summed E-state index contributed by atoms with van der Waals surface area (Å²) in [7, 11) is 0. The van der Waals surface area contributed by atoms with Gasteiger partial charge in [0.2, 0.25) is 0 Å². The second kappa shape index (κ2) is 5.24. The summed E-state index contributed by atoms with van der Waals surface area (Å²) in [4.78, 5) is 24.2. The molecular formula is C18H14O4. The zero-order chi connectivity index (χ0) is 15.7. The normalized spacial score (nSPS) is 19.5. The fourth-order valence-electron chi connectivity index (χ4n) is 2.79. The predicted octanol–water partition coefficient (Wildman–Crippen LogP) is 2.87. The van der Waals surface area contributed by atoms with Gasteiger partial charge in [-0.15, -0.1) is 0 Å². The Bertz CT molecular complexity index is 791. The van der Waals surface area contributed by atoms with E-state index in [9.17, 15) is 19.8 Å². The van der Waals surface area contributed by atoms with Gasteiger partial charge in [-0.2, -0.15) is 0 Å². The summed E-state index contributed by atoms with van der Waals surface area (Å²) in [5, 5.41) is 20.2. The van der Waals surface area contributed by atoms with Gasteiger partial charge in [-0.1, -0.05) is 54.6 Å². The molecular weight excluding hydrogens is 280 g/mol. The van der Waals surface area contributed by atoms with Crippen LogP contribution in [-0.2, 0) is 5.60 Å². The molecule has 0 amide bonds. The first-order chi connectivity index (χ1) is 10.5. The van der Waals surface area contributed by atoms with E-state index in [1.165, 1.54) is 12.1 Å². The molecule has 0 aromatic heterocycles. The number of carboxylic acid groups (broad SMARTS) is 1. The fourth-order valence-corrected chi connectivity index (χ4v) is 2.79. The summed E-state index contributed by atoms with van der Waals surface area (Å²) in [6.45, 7) is 0. The molecule has 1 aliphatic rings. The molecule has 1 aliphatic carbocycles. The first kappa shape index (κ1) is 14.2. The van der Waals surface area contributed by atoms with Gasteiger partial charge in [-0.3, -0.25) is 4.79 Å². The van der Waals surface area contributed by atoms with Crippen LogP contribution >= 0.6 is 0 Å². The number of carboxylic acids is 1. The molecule has 0 bridgehead atoms. The van der Waals surface area contributed by atoms with Crippen LogP contribution in [0.3, 0.4) is 0 Å². The molecule has 0 fully saturated rings. The van der Waals surface area contributed by atoms with Gasteiger partial charge in [0.25, 0.3) is 0 Å². The van der Waals surface area contributed by atoms with Crippen LogP contribution in [0, 0.1) is 0 Å². The van der Waals surface area contributed by atoms with Crippen LogP contribution in [-0.4, -0.2) is 22.0 Å². The summed E-state index contributed by atoms with van der Waals surface area (Å²) < 4.78 is 0. The minimum Gasteiger partial charge on any atom is -0.478 e. The fraction of sp³-hybridized carbons (Fsp3) is 0.111. The first-order valence-corrected chi connectivity index (χ1v) is 6.89. The highest BCUT2D eigenvalue weighted by molar-refractivity contribution is 6.10. The number of aromatic carboxylic acids is 1. The Balaban J connectivity index is 2.14. The number of hydrogen-bond donors (Lipinski definition) is 2. The average molecular weight is 294 g/mol. The van der Waals surface area contributed by atoms with Gasteiger partial charge in [0.05, 0.1) is 5.56 Å². The number of rotatable bonds is 3. The largest absolute Gasteiger partial charge is 0.478 e. The number of carbonyl (C=O) groups is 2. The standard InChI is InChI=1S/C18H14O4/c19-16(13-8-2-3-9-14(13)17(20)21)18(22)11-5-7-12-6-1-4-10-15(12)18/h1-10,22H,11H2,(H,20,21). The second-order valence-corrected chi connectivity index (χ2v) is 5.23. The second-order valence-electron chi connectivity index (χ2n) is 5.23. The van der Waals surface area contributed by atoms with E-state index in [1.54, 1.807) is 30.3 Å². The summed E-state index contributed by atoms with van der Waals surface area (Å²) in [6, 6.07) is 13.0. The molecule has 110 valence electrons. The monoisotopic (exact) mass is 294 g/mol. The van der Waals surface area contributed by atoms with Gasteiger partial charge in [0.1, 0.15) is 0 Å². The maximum Gasteiger partial charge on any atom is 0.336 e. The molecule has 0 saturated carbocycles. The van der Waals surface area contributed by atoms with Gasteiger partial charge < -0.3 is 10.2 Å². The van der Waals surface area contributed by atoms with Crippen molar-refractivity contribution in [3.8, 4) is 0 Å². The highest BCUT2D eigenvalue weighted by atomic mass is 16.4. The lowest BCUT2D eigenvalue weighted by Crippen LogP contribution is -2.38. The number of carbonyl (C=O) groups excluding carboxylic acids is 1. The van der Waals surface area contributed by atoms with E-state index in [2.05, 4.69) is 0 Å². The van der Waals surface area contributed by atoms with E-state index < -0.39 is 17.4 Å². The maximum atomic E-state index is 12.9. The highest BCUT2D eigenvalue weighted by Gasteiger charge is 2.41. The van der Waals surface area contributed by atoms with Crippen LogP contribution in [0.25, 0.3) is 6.08 Å².